The first-order valence-corrected chi connectivity index (χ1v) is 6.65. The second-order valence-corrected chi connectivity index (χ2v) is 5.44. The van der Waals surface area contributed by atoms with Crippen LogP contribution in [0.25, 0.3) is 0 Å². The summed E-state index contributed by atoms with van der Waals surface area (Å²) in [5, 5.41) is 9.76. The zero-order valence-corrected chi connectivity index (χ0v) is 12.0. The second kappa shape index (κ2) is 6.61. The van der Waals surface area contributed by atoms with Crippen LogP contribution in [0.4, 0.5) is 0 Å². The average molecular weight is 230 g/mol. The highest BCUT2D eigenvalue weighted by Gasteiger charge is 2.29. The minimum atomic E-state index is -0.268. The molecule has 0 aliphatic heterocycles. The first kappa shape index (κ1) is 15.9. The van der Waals surface area contributed by atoms with E-state index in [4.69, 9.17) is 4.74 Å². The smallest absolute Gasteiger partial charge is 0.0649 e. The molecule has 0 saturated heterocycles. The van der Waals surface area contributed by atoms with Gasteiger partial charge in [-0.15, -0.1) is 0 Å². The summed E-state index contributed by atoms with van der Waals surface area (Å²) < 4.78 is 5.96. The Morgan fingerprint density at radius 3 is 1.88 bits per heavy atom. The van der Waals surface area contributed by atoms with E-state index in [1.807, 2.05) is 6.92 Å². The molecule has 98 valence electrons. The maximum absolute atomic E-state index is 9.76. The first-order chi connectivity index (χ1) is 7.33. The third kappa shape index (κ3) is 4.42. The number of rotatable bonds is 8. The Kier molecular flexibility index (Phi) is 6.57. The summed E-state index contributed by atoms with van der Waals surface area (Å²) in [5.74, 6) is 0. The second-order valence-electron chi connectivity index (χ2n) is 5.44. The van der Waals surface area contributed by atoms with Crippen molar-refractivity contribution in [3.63, 3.8) is 0 Å². The lowest BCUT2D eigenvalue weighted by atomic mass is 9.79. The van der Waals surface area contributed by atoms with Crippen LogP contribution in [0.1, 0.15) is 67.2 Å². The highest BCUT2D eigenvalue weighted by atomic mass is 16.5. The van der Waals surface area contributed by atoms with Crippen molar-refractivity contribution < 1.29 is 9.84 Å². The zero-order chi connectivity index (χ0) is 12.8. The molecule has 2 atom stereocenters. The van der Waals surface area contributed by atoms with Gasteiger partial charge in [-0.2, -0.15) is 0 Å². The van der Waals surface area contributed by atoms with Gasteiger partial charge in [0, 0.05) is 6.61 Å². The molecule has 0 aromatic heterocycles. The van der Waals surface area contributed by atoms with Gasteiger partial charge in [0.1, 0.15) is 0 Å². The maximum atomic E-state index is 9.76. The van der Waals surface area contributed by atoms with E-state index in [1.165, 1.54) is 0 Å². The maximum Gasteiger partial charge on any atom is 0.0649 e. The fourth-order valence-corrected chi connectivity index (χ4v) is 1.67. The fraction of sp³-hybridized carbons (Fsp3) is 1.00. The summed E-state index contributed by atoms with van der Waals surface area (Å²) in [5.41, 5.74) is -0.00423. The van der Waals surface area contributed by atoms with Crippen molar-refractivity contribution in [3.8, 4) is 0 Å². The van der Waals surface area contributed by atoms with Gasteiger partial charge in [0.25, 0.3) is 0 Å². The van der Waals surface area contributed by atoms with E-state index in [1.54, 1.807) is 0 Å². The Hall–Kier alpha value is -0.0800. The van der Waals surface area contributed by atoms with Gasteiger partial charge in [0.05, 0.1) is 11.7 Å². The first-order valence-electron chi connectivity index (χ1n) is 6.65. The number of ether oxygens (including phenoxy) is 1. The Bertz CT molecular complexity index is 185. The van der Waals surface area contributed by atoms with Crippen molar-refractivity contribution in [3.05, 3.63) is 0 Å². The molecule has 1 N–H and O–H groups in total. The van der Waals surface area contributed by atoms with Gasteiger partial charge >= 0.3 is 0 Å². The van der Waals surface area contributed by atoms with Crippen molar-refractivity contribution in [2.45, 2.75) is 78.9 Å². The SMILES string of the molecule is CCC(C)(CC)OCCC(C)(CC)C(C)O. The summed E-state index contributed by atoms with van der Waals surface area (Å²) in [7, 11) is 0. The third-order valence-corrected chi connectivity index (χ3v) is 4.44. The summed E-state index contributed by atoms with van der Waals surface area (Å²) in [6.45, 7) is 13.4. The molecular formula is C14H30O2. The summed E-state index contributed by atoms with van der Waals surface area (Å²) in [6, 6.07) is 0. The molecule has 0 radical (unpaired) electrons. The molecule has 0 spiro atoms. The molecule has 0 aromatic rings. The normalized spacial score (nSPS) is 18.2. The molecule has 0 amide bonds. The largest absolute Gasteiger partial charge is 0.393 e. The monoisotopic (exact) mass is 230 g/mol. The molecule has 0 rings (SSSR count). The molecule has 16 heavy (non-hydrogen) atoms. The van der Waals surface area contributed by atoms with Crippen LogP contribution < -0.4 is 0 Å². The number of aliphatic hydroxyl groups is 1. The summed E-state index contributed by atoms with van der Waals surface area (Å²) in [4.78, 5) is 0. The molecular weight excluding hydrogens is 200 g/mol. The van der Waals surface area contributed by atoms with Crippen molar-refractivity contribution in [2.75, 3.05) is 6.61 Å². The lowest BCUT2D eigenvalue weighted by Gasteiger charge is -2.34. The molecule has 0 fully saturated rings. The van der Waals surface area contributed by atoms with E-state index >= 15 is 0 Å². The van der Waals surface area contributed by atoms with E-state index in [2.05, 4.69) is 34.6 Å². The Morgan fingerprint density at radius 1 is 1.06 bits per heavy atom. The Labute approximate surface area is 101 Å². The van der Waals surface area contributed by atoms with Crippen LogP contribution in [0.5, 0.6) is 0 Å². The van der Waals surface area contributed by atoms with Crippen molar-refractivity contribution in [2.24, 2.45) is 5.41 Å². The van der Waals surface area contributed by atoms with Gasteiger partial charge in [0.2, 0.25) is 0 Å². The van der Waals surface area contributed by atoms with Crippen molar-refractivity contribution in [1.82, 2.24) is 0 Å². The van der Waals surface area contributed by atoms with Crippen LogP contribution in [0, 0.1) is 5.41 Å². The molecule has 0 aliphatic carbocycles. The Morgan fingerprint density at radius 2 is 1.56 bits per heavy atom. The predicted molar refractivity (Wildman–Crippen MR) is 69.6 cm³/mol. The van der Waals surface area contributed by atoms with E-state index in [9.17, 15) is 5.11 Å². The van der Waals surface area contributed by atoms with Crippen molar-refractivity contribution in [1.29, 1.82) is 0 Å². The van der Waals surface area contributed by atoms with E-state index in [0.29, 0.717) is 0 Å². The molecule has 2 unspecified atom stereocenters. The summed E-state index contributed by atoms with van der Waals surface area (Å²) >= 11 is 0. The standard InChI is InChI=1S/C14H30O2/c1-7-13(5,12(4)15)10-11-16-14(6,8-2)9-3/h12,15H,7-11H2,1-6H3. The quantitative estimate of drug-likeness (QED) is 0.688. The van der Waals surface area contributed by atoms with Gasteiger partial charge in [0.15, 0.2) is 0 Å². The minimum absolute atomic E-state index is 0.00729. The molecule has 0 bridgehead atoms. The molecule has 2 heteroatoms. The van der Waals surface area contributed by atoms with Gasteiger partial charge in [-0.05, 0) is 44.9 Å². The topological polar surface area (TPSA) is 29.5 Å². The highest BCUT2D eigenvalue weighted by molar-refractivity contribution is 4.79. The van der Waals surface area contributed by atoms with Crippen LogP contribution in [0.15, 0.2) is 0 Å². The van der Waals surface area contributed by atoms with Crippen LogP contribution in [-0.2, 0) is 4.74 Å². The predicted octanol–water partition coefficient (Wildman–Crippen LogP) is 3.77. The van der Waals surface area contributed by atoms with E-state index in [-0.39, 0.29) is 17.1 Å². The highest BCUT2D eigenvalue weighted by Crippen LogP contribution is 2.31. The lowest BCUT2D eigenvalue weighted by Crippen LogP contribution is -2.33. The minimum Gasteiger partial charge on any atom is -0.393 e. The van der Waals surface area contributed by atoms with Gasteiger partial charge in [-0.1, -0.05) is 27.7 Å². The number of hydrogen-bond donors (Lipinski definition) is 1. The van der Waals surface area contributed by atoms with E-state index < -0.39 is 0 Å². The van der Waals surface area contributed by atoms with Gasteiger partial charge in [-0.3, -0.25) is 0 Å². The molecule has 0 aliphatic rings. The fourth-order valence-electron chi connectivity index (χ4n) is 1.67. The molecule has 0 saturated carbocycles. The van der Waals surface area contributed by atoms with Gasteiger partial charge in [-0.25, -0.2) is 0 Å². The lowest BCUT2D eigenvalue weighted by molar-refractivity contribution is -0.0620. The van der Waals surface area contributed by atoms with Crippen LogP contribution >= 0.6 is 0 Å². The number of aliphatic hydroxyl groups excluding tert-OH is 1. The molecule has 0 heterocycles. The average Bonchev–Trinajstić information content (AvgIpc) is 2.28. The van der Waals surface area contributed by atoms with E-state index in [0.717, 1.165) is 32.3 Å². The number of hydrogen-bond acceptors (Lipinski definition) is 2. The van der Waals surface area contributed by atoms with Gasteiger partial charge < -0.3 is 9.84 Å². The van der Waals surface area contributed by atoms with Crippen LogP contribution in [-0.4, -0.2) is 23.4 Å². The zero-order valence-electron chi connectivity index (χ0n) is 12.0. The molecule has 2 nitrogen and oxygen atoms in total. The van der Waals surface area contributed by atoms with Crippen LogP contribution in [0.2, 0.25) is 0 Å². The summed E-state index contributed by atoms with van der Waals surface area (Å²) in [6.07, 6.45) is 3.73. The Balaban J connectivity index is 4.14. The third-order valence-electron chi connectivity index (χ3n) is 4.44. The molecule has 0 aromatic carbocycles. The van der Waals surface area contributed by atoms with Crippen molar-refractivity contribution >= 4 is 0 Å². The van der Waals surface area contributed by atoms with Crippen LogP contribution in [0.3, 0.4) is 0 Å².